The standard InChI is InChI=1S/C26H30O10/c1-10-8-16(33-12(3)27)23(31)25(6)15(10)9-17-26(7)18(21(24(32)36-17)35-14(5)29)11(2)20(34-13(4)28)19(30)22(25)26/h8,10,15,17-18,21-22H,9H2,1-7H3/t10-,15+,17-,18-,21-,22-,25+,26+/m1/s1. The van der Waals surface area contributed by atoms with Gasteiger partial charge in [-0.2, -0.15) is 0 Å². The SMILES string of the molecule is CC(=O)OC1=C[C@@H](C)[C@@H]2C[C@H]3OC(=O)[C@H](OC(C)=O)[C@H]4C(C)=C(OC(C)=O)C(=O)[C@H]([C@@]2(C)C1=O)[C@]43C. The third kappa shape index (κ3) is 3.44. The molecule has 1 aliphatic heterocycles. The Kier molecular flexibility index (Phi) is 6.00. The third-order valence-corrected chi connectivity index (χ3v) is 8.48. The van der Waals surface area contributed by atoms with Gasteiger partial charge in [-0.15, -0.1) is 0 Å². The molecule has 0 N–H and O–H groups in total. The molecule has 0 amide bonds. The lowest BCUT2D eigenvalue weighted by atomic mass is 9.40. The summed E-state index contributed by atoms with van der Waals surface area (Å²) in [6, 6.07) is 0. The van der Waals surface area contributed by atoms with E-state index in [1.54, 1.807) is 26.8 Å². The number of carbonyl (C=O) groups excluding carboxylic acids is 6. The van der Waals surface area contributed by atoms with Crippen molar-refractivity contribution in [3.8, 4) is 0 Å². The van der Waals surface area contributed by atoms with Crippen LogP contribution in [0.5, 0.6) is 0 Å². The van der Waals surface area contributed by atoms with Gasteiger partial charge in [0.1, 0.15) is 6.10 Å². The number of esters is 4. The van der Waals surface area contributed by atoms with Gasteiger partial charge >= 0.3 is 23.9 Å². The predicted molar refractivity (Wildman–Crippen MR) is 120 cm³/mol. The second-order valence-corrected chi connectivity index (χ2v) is 10.6. The largest absolute Gasteiger partial charge is 0.459 e. The predicted octanol–water partition coefficient (Wildman–Crippen LogP) is 2.19. The van der Waals surface area contributed by atoms with Gasteiger partial charge in [0.25, 0.3) is 0 Å². The second kappa shape index (κ2) is 8.38. The van der Waals surface area contributed by atoms with Crippen LogP contribution in [0, 0.1) is 34.5 Å². The summed E-state index contributed by atoms with van der Waals surface area (Å²) in [5, 5.41) is 0. The molecule has 0 spiro atoms. The Bertz CT molecular complexity index is 1160. The van der Waals surface area contributed by atoms with Crippen molar-refractivity contribution in [1.82, 2.24) is 0 Å². The van der Waals surface area contributed by atoms with Crippen molar-refractivity contribution < 1.29 is 47.7 Å². The Hall–Kier alpha value is -3.30. The molecular weight excluding hydrogens is 472 g/mol. The van der Waals surface area contributed by atoms with Crippen LogP contribution in [0.4, 0.5) is 0 Å². The van der Waals surface area contributed by atoms with Crippen LogP contribution in [0.3, 0.4) is 0 Å². The van der Waals surface area contributed by atoms with Gasteiger partial charge in [0.2, 0.25) is 17.7 Å². The Morgan fingerprint density at radius 2 is 1.61 bits per heavy atom. The van der Waals surface area contributed by atoms with Gasteiger partial charge in [-0.1, -0.05) is 20.8 Å². The van der Waals surface area contributed by atoms with E-state index in [-0.39, 0.29) is 29.4 Å². The van der Waals surface area contributed by atoms with E-state index in [4.69, 9.17) is 18.9 Å². The summed E-state index contributed by atoms with van der Waals surface area (Å²) in [7, 11) is 0. The summed E-state index contributed by atoms with van der Waals surface area (Å²) < 4.78 is 21.8. The van der Waals surface area contributed by atoms with Crippen LogP contribution < -0.4 is 0 Å². The molecule has 36 heavy (non-hydrogen) atoms. The highest BCUT2D eigenvalue weighted by atomic mass is 16.6. The summed E-state index contributed by atoms with van der Waals surface area (Å²) in [4.78, 5) is 76.8. The molecule has 2 fully saturated rings. The summed E-state index contributed by atoms with van der Waals surface area (Å²) >= 11 is 0. The van der Waals surface area contributed by atoms with Crippen LogP contribution in [0.25, 0.3) is 0 Å². The normalized spacial score (nSPS) is 39.3. The number of allylic oxidation sites excluding steroid dienone is 3. The number of Topliss-reactive ketones (excluding diaryl/α,β-unsaturated/α-hetero) is 2. The average molecular weight is 503 g/mol. The van der Waals surface area contributed by atoms with E-state index in [2.05, 4.69) is 0 Å². The number of fused-ring (bicyclic) bond motifs is 2. The maximum Gasteiger partial charge on any atom is 0.348 e. The summed E-state index contributed by atoms with van der Waals surface area (Å²) in [6.45, 7) is 10.3. The molecule has 0 aromatic heterocycles. The summed E-state index contributed by atoms with van der Waals surface area (Å²) in [5.41, 5.74) is -2.30. The van der Waals surface area contributed by atoms with Crippen molar-refractivity contribution in [3.63, 3.8) is 0 Å². The molecule has 0 bridgehead atoms. The summed E-state index contributed by atoms with van der Waals surface area (Å²) in [5.74, 6) is -7.22. The molecule has 0 radical (unpaired) electrons. The van der Waals surface area contributed by atoms with Crippen molar-refractivity contribution in [2.24, 2.45) is 34.5 Å². The average Bonchev–Trinajstić information content (AvgIpc) is 2.74. The molecule has 0 unspecified atom stereocenters. The first-order valence-electron chi connectivity index (χ1n) is 11.9. The second-order valence-electron chi connectivity index (χ2n) is 10.6. The highest BCUT2D eigenvalue weighted by molar-refractivity contribution is 6.08. The molecule has 10 heteroatoms. The number of ketones is 2. The number of hydrogen-bond donors (Lipinski definition) is 0. The Morgan fingerprint density at radius 3 is 2.17 bits per heavy atom. The van der Waals surface area contributed by atoms with Crippen molar-refractivity contribution >= 4 is 35.4 Å². The molecule has 0 aromatic carbocycles. The molecule has 1 saturated carbocycles. The number of ether oxygens (including phenoxy) is 4. The van der Waals surface area contributed by atoms with Crippen molar-refractivity contribution in [2.45, 2.75) is 67.1 Å². The minimum atomic E-state index is -1.40. The fourth-order valence-electron chi connectivity index (χ4n) is 7.28. The molecule has 1 saturated heterocycles. The smallest absolute Gasteiger partial charge is 0.348 e. The van der Waals surface area contributed by atoms with E-state index in [0.29, 0.717) is 0 Å². The zero-order chi connectivity index (χ0) is 26.9. The molecule has 3 aliphatic carbocycles. The van der Waals surface area contributed by atoms with Crippen molar-refractivity contribution in [2.75, 3.05) is 0 Å². The first-order valence-corrected chi connectivity index (χ1v) is 11.9. The highest BCUT2D eigenvalue weighted by Gasteiger charge is 2.74. The molecule has 4 aliphatic rings. The van der Waals surface area contributed by atoms with Crippen LogP contribution in [-0.4, -0.2) is 47.7 Å². The van der Waals surface area contributed by atoms with Crippen LogP contribution in [0.1, 0.15) is 54.9 Å². The fourth-order valence-corrected chi connectivity index (χ4v) is 7.28. The van der Waals surface area contributed by atoms with E-state index in [0.717, 1.165) is 13.8 Å². The minimum Gasteiger partial charge on any atom is -0.459 e. The van der Waals surface area contributed by atoms with Crippen LogP contribution in [-0.2, 0) is 47.7 Å². The Balaban J connectivity index is 1.99. The molecule has 1 heterocycles. The molecule has 194 valence electrons. The Labute approximate surface area is 208 Å². The van der Waals surface area contributed by atoms with E-state index >= 15 is 0 Å². The lowest BCUT2D eigenvalue weighted by Crippen LogP contribution is -2.72. The topological polar surface area (TPSA) is 139 Å². The fraction of sp³-hybridized carbons (Fsp3) is 0.615. The zero-order valence-corrected chi connectivity index (χ0v) is 21.3. The lowest BCUT2D eigenvalue weighted by Gasteiger charge is -2.64. The quantitative estimate of drug-likeness (QED) is 0.417. The maximum absolute atomic E-state index is 14.1. The van der Waals surface area contributed by atoms with E-state index < -0.39 is 76.2 Å². The van der Waals surface area contributed by atoms with Gasteiger partial charge in [-0.05, 0) is 36.8 Å². The van der Waals surface area contributed by atoms with Gasteiger partial charge in [0, 0.05) is 43.4 Å². The Morgan fingerprint density at radius 1 is 1.00 bits per heavy atom. The van der Waals surface area contributed by atoms with Crippen LogP contribution >= 0.6 is 0 Å². The van der Waals surface area contributed by atoms with Gasteiger partial charge in [-0.25, -0.2) is 4.79 Å². The van der Waals surface area contributed by atoms with Crippen molar-refractivity contribution in [3.05, 3.63) is 23.2 Å². The van der Waals surface area contributed by atoms with Crippen LogP contribution in [0.2, 0.25) is 0 Å². The minimum absolute atomic E-state index is 0.148. The lowest BCUT2D eigenvalue weighted by molar-refractivity contribution is -0.238. The maximum atomic E-state index is 14.1. The highest BCUT2D eigenvalue weighted by Crippen LogP contribution is 2.67. The third-order valence-electron chi connectivity index (χ3n) is 8.48. The number of hydrogen-bond acceptors (Lipinski definition) is 10. The van der Waals surface area contributed by atoms with Crippen LogP contribution in [0.15, 0.2) is 23.2 Å². The monoisotopic (exact) mass is 502 g/mol. The van der Waals surface area contributed by atoms with Gasteiger partial charge in [-0.3, -0.25) is 24.0 Å². The van der Waals surface area contributed by atoms with Crippen molar-refractivity contribution in [1.29, 1.82) is 0 Å². The zero-order valence-electron chi connectivity index (χ0n) is 21.3. The molecule has 10 nitrogen and oxygen atoms in total. The molecule has 4 rings (SSSR count). The molecular formula is C26H30O10. The molecule has 0 aromatic rings. The van der Waals surface area contributed by atoms with Gasteiger partial charge < -0.3 is 18.9 Å². The first-order chi connectivity index (χ1) is 16.6. The van der Waals surface area contributed by atoms with E-state index in [9.17, 15) is 28.8 Å². The van der Waals surface area contributed by atoms with E-state index in [1.807, 2.05) is 6.92 Å². The molecule has 8 atom stereocenters. The van der Waals surface area contributed by atoms with Gasteiger partial charge in [0.15, 0.2) is 11.5 Å². The number of carbonyl (C=O) groups is 6. The summed E-state index contributed by atoms with van der Waals surface area (Å²) in [6.07, 6.45) is -0.353. The number of rotatable bonds is 3. The van der Waals surface area contributed by atoms with Gasteiger partial charge in [0.05, 0.1) is 0 Å². The first kappa shape index (κ1) is 25.8. The van der Waals surface area contributed by atoms with E-state index in [1.165, 1.54) is 6.92 Å².